The van der Waals surface area contributed by atoms with E-state index in [1.807, 2.05) is 45.0 Å². The predicted molar refractivity (Wildman–Crippen MR) is 110 cm³/mol. The molecule has 0 saturated carbocycles. The molecule has 0 aliphatic heterocycles. The van der Waals surface area contributed by atoms with Crippen LogP contribution >= 0.6 is 15.9 Å². The maximum Gasteiger partial charge on any atom is 0.266 e. The predicted octanol–water partition coefficient (Wildman–Crippen LogP) is 5.10. The fourth-order valence-corrected chi connectivity index (χ4v) is 3.03. The number of hydrogen-bond acceptors (Lipinski definition) is 4. The molecule has 0 atom stereocenters. The lowest BCUT2D eigenvalue weighted by molar-refractivity contribution is -0.112. The van der Waals surface area contributed by atoms with Crippen LogP contribution in [0.5, 0.6) is 11.5 Å². The van der Waals surface area contributed by atoms with Crippen molar-refractivity contribution in [2.45, 2.75) is 20.8 Å². The van der Waals surface area contributed by atoms with Crippen LogP contribution in [0.1, 0.15) is 25.0 Å². The van der Waals surface area contributed by atoms with E-state index in [2.05, 4.69) is 21.2 Å². The lowest BCUT2D eigenvalue weighted by atomic mass is 10.1. The van der Waals surface area contributed by atoms with E-state index < -0.39 is 5.91 Å². The van der Waals surface area contributed by atoms with Crippen LogP contribution in [0.25, 0.3) is 6.08 Å². The molecule has 0 aliphatic carbocycles. The standard InChI is InChI=1S/C21H21BrN2O3/c1-4-26-19-12-15(11-18(22)20(19)27-5-2)10-16(13-23)21(25)24-17-8-6-7-14(3)9-17/h6-12H,4-5H2,1-3H3,(H,24,25)/b16-10-. The summed E-state index contributed by atoms with van der Waals surface area (Å²) < 4.78 is 11.9. The first-order valence-electron chi connectivity index (χ1n) is 8.57. The van der Waals surface area contributed by atoms with Crippen LogP contribution in [0.4, 0.5) is 5.69 Å². The molecule has 2 aromatic rings. The molecule has 0 aliphatic rings. The van der Waals surface area contributed by atoms with Crippen molar-refractivity contribution in [2.24, 2.45) is 0 Å². The summed E-state index contributed by atoms with van der Waals surface area (Å²) in [6.45, 7) is 6.67. The Morgan fingerprint density at radius 1 is 1.22 bits per heavy atom. The second-order valence-corrected chi connectivity index (χ2v) is 6.54. The van der Waals surface area contributed by atoms with Gasteiger partial charge in [-0.3, -0.25) is 4.79 Å². The van der Waals surface area contributed by atoms with E-state index in [9.17, 15) is 10.1 Å². The van der Waals surface area contributed by atoms with Crippen molar-refractivity contribution < 1.29 is 14.3 Å². The molecule has 27 heavy (non-hydrogen) atoms. The van der Waals surface area contributed by atoms with Gasteiger partial charge in [-0.05, 0) is 78.2 Å². The van der Waals surface area contributed by atoms with Crippen LogP contribution in [-0.2, 0) is 4.79 Å². The number of ether oxygens (including phenoxy) is 2. The largest absolute Gasteiger partial charge is 0.490 e. The zero-order valence-electron chi connectivity index (χ0n) is 15.5. The monoisotopic (exact) mass is 428 g/mol. The third-order valence-electron chi connectivity index (χ3n) is 3.57. The highest BCUT2D eigenvalue weighted by atomic mass is 79.9. The van der Waals surface area contributed by atoms with E-state index >= 15 is 0 Å². The molecule has 0 heterocycles. The summed E-state index contributed by atoms with van der Waals surface area (Å²) in [7, 11) is 0. The second kappa shape index (κ2) is 9.79. The molecule has 5 nitrogen and oxygen atoms in total. The number of aryl methyl sites for hydroxylation is 1. The Morgan fingerprint density at radius 3 is 2.59 bits per heavy atom. The second-order valence-electron chi connectivity index (χ2n) is 5.69. The van der Waals surface area contributed by atoms with E-state index in [0.717, 1.165) is 5.56 Å². The Bertz CT molecular complexity index is 901. The van der Waals surface area contributed by atoms with Crippen LogP contribution in [0.2, 0.25) is 0 Å². The van der Waals surface area contributed by atoms with E-state index in [4.69, 9.17) is 9.47 Å². The SMILES string of the molecule is CCOc1cc(/C=C(/C#N)C(=O)Nc2cccc(C)c2)cc(Br)c1OCC. The van der Waals surface area contributed by atoms with Gasteiger partial charge in [0.2, 0.25) is 0 Å². The van der Waals surface area contributed by atoms with E-state index in [1.165, 1.54) is 6.08 Å². The van der Waals surface area contributed by atoms with Crippen LogP contribution < -0.4 is 14.8 Å². The fourth-order valence-electron chi connectivity index (χ4n) is 2.46. The quantitative estimate of drug-likeness (QED) is 0.491. The number of nitrogens with one attached hydrogen (secondary N) is 1. The number of carbonyl (C=O) groups excluding carboxylic acids is 1. The number of anilines is 1. The molecule has 0 unspecified atom stereocenters. The molecule has 0 aromatic heterocycles. The normalized spacial score (nSPS) is 10.9. The average Bonchev–Trinajstić information content (AvgIpc) is 2.62. The summed E-state index contributed by atoms with van der Waals surface area (Å²) in [6.07, 6.45) is 1.52. The van der Waals surface area contributed by atoms with Crippen LogP contribution in [0, 0.1) is 18.3 Å². The van der Waals surface area contributed by atoms with E-state index in [0.29, 0.717) is 40.4 Å². The Kier molecular flexibility index (Phi) is 7.44. The first kappa shape index (κ1) is 20.5. The lowest BCUT2D eigenvalue weighted by Crippen LogP contribution is -2.13. The minimum atomic E-state index is -0.467. The van der Waals surface area contributed by atoms with Crippen molar-refractivity contribution in [3.63, 3.8) is 0 Å². The molecule has 2 rings (SSSR count). The van der Waals surface area contributed by atoms with Gasteiger partial charge in [-0.15, -0.1) is 0 Å². The summed E-state index contributed by atoms with van der Waals surface area (Å²) in [6, 6.07) is 12.9. The van der Waals surface area contributed by atoms with Crippen LogP contribution in [0.3, 0.4) is 0 Å². The summed E-state index contributed by atoms with van der Waals surface area (Å²) in [5.74, 6) is 0.682. The Balaban J connectivity index is 2.33. The van der Waals surface area contributed by atoms with Crippen molar-refractivity contribution in [1.82, 2.24) is 0 Å². The summed E-state index contributed by atoms with van der Waals surface area (Å²) >= 11 is 3.46. The van der Waals surface area contributed by atoms with E-state index in [1.54, 1.807) is 18.2 Å². The summed E-state index contributed by atoms with van der Waals surface area (Å²) in [4.78, 5) is 12.5. The van der Waals surface area contributed by atoms with Gasteiger partial charge in [0.25, 0.3) is 5.91 Å². The number of halogens is 1. The summed E-state index contributed by atoms with van der Waals surface area (Å²) in [5.41, 5.74) is 2.32. The number of nitrogens with zero attached hydrogens (tertiary/aromatic N) is 1. The third kappa shape index (κ3) is 5.60. The van der Waals surface area contributed by atoms with Crippen molar-refractivity contribution in [3.05, 3.63) is 57.6 Å². The summed E-state index contributed by atoms with van der Waals surface area (Å²) in [5, 5.41) is 12.2. The number of hydrogen-bond donors (Lipinski definition) is 1. The van der Waals surface area contributed by atoms with Crippen molar-refractivity contribution in [3.8, 4) is 17.6 Å². The maximum atomic E-state index is 12.5. The maximum absolute atomic E-state index is 12.5. The van der Waals surface area contributed by atoms with Crippen molar-refractivity contribution in [1.29, 1.82) is 5.26 Å². The Hall–Kier alpha value is -2.78. The molecular weight excluding hydrogens is 408 g/mol. The highest BCUT2D eigenvalue weighted by molar-refractivity contribution is 9.10. The zero-order valence-corrected chi connectivity index (χ0v) is 17.1. The van der Waals surface area contributed by atoms with Gasteiger partial charge in [0, 0.05) is 5.69 Å². The molecule has 0 saturated heterocycles. The number of amides is 1. The van der Waals surface area contributed by atoms with Gasteiger partial charge in [-0.2, -0.15) is 5.26 Å². The highest BCUT2D eigenvalue weighted by Gasteiger charge is 2.14. The molecule has 0 fully saturated rings. The van der Waals surface area contributed by atoms with E-state index in [-0.39, 0.29) is 5.57 Å². The van der Waals surface area contributed by atoms with Gasteiger partial charge in [-0.1, -0.05) is 12.1 Å². The molecule has 1 N–H and O–H groups in total. The topological polar surface area (TPSA) is 71.3 Å². The minimum Gasteiger partial charge on any atom is -0.490 e. The van der Waals surface area contributed by atoms with Gasteiger partial charge in [0.1, 0.15) is 11.6 Å². The number of rotatable bonds is 7. The lowest BCUT2D eigenvalue weighted by Gasteiger charge is -2.13. The molecule has 2 aromatic carbocycles. The van der Waals surface area contributed by atoms with Crippen LogP contribution in [0.15, 0.2) is 46.4 Å². The molecule has 140 valence electrons. The zero-order chi connectivity index (χ0) is 19.8. The van der Waals surface area contributed by atoms with Gasteiger partial charge in [0.15, 0.2) is 11.5 Å². The van der Waals surface area contributed by atoms with Gasteiger partial charge >= 0.3 is 0 Å². The average molecular weight is 429 g/mol. The molecule has 0 spiro atoms. The Labute approximate surface area is 167 Å². The van der Waals surface area contributed by atoms with Crippen molar-refractivity contribution in [2.75, 3.05) is 18.5 Å². The molecule has 0 bridgehead atoms. The fraction of sp³-hybridized carbons (Fsp3) is 0.238. The number of carbonyl (C=O) groups is 1. The highest BCUT2D eigenvalue weighted by Crippen LogP contribution is 2.37. The van der Waals surface area contributed by atoms with Gasteiger partial charge in [0.05, 0.1) is 17.7 Å². The third-order valence-corrected chi connectivity index (χ3v) is 4.16. The molecule has 1 amide bonds. The number of benzene rings is 2. The smallest absolute Gasteiger partial charge is 0.266 e. The van der Waals surface area contributed by atoms with Crippen molar-refractivity contribution >= 4 is 33.6 Å². The Morgan fingerprint density at radius 2 is 1.96 bits per heavy atom. The van der Waals surface area contributed by atoms with Gasteiger partial charge in [-0.25, -0.2) is 0 Å². The molecule has 0 radical (unpaired) electrons. The van der Waals surface area contributed by atoms with Gasteiger partial charge < -0.3 is 14.8 Å². The first-order chi connectivity index (χ1) is 13.0. The minimum absolute atomic E-state index is 0.00462. The molecular formula is C21H21BrN2O3. The van der Waals surface area contributed by atoms with Crippen LogP contribution in [-0.4, -0.2) is 19.1 Å². The first-order valence-corrected chi connectivity index (χ1v) is 9.36. The number of nitriles is 1. The molecule has 6 heteroatoms.